The van der Waals surface area contributed by atoms with Gasteiger partial charge in [-0.2, -0.15) is 0 Å². The fourth-order valence-electron chi connectivity index (χ4n) is 2.12. The van der Waals surface area contributed by atoms with Gasteiger partial charge in [0.15, 0.2) is 0 Å². The van der Waals surface area contributed by atoms with Crippen molar-refractivity contribution in [2.75, 3.05) is 5.73 Å². The van der Waals surface area contributed by atoms with Crippen LogP contribution in [0.25, 0.3) is 11.4 Å². The Morgan fingerprint density at radius 2 is 2.10 bits per heavy atom. The molecule has 20 heavy (non-hydrogen) atoms. The Morgan fingerprint density at radius 3 is 2.90 bits per heavy atom. The van der Waals surface area contributed by atoms with E-state index in [1.54, 1.807) is 12.4 Å². The van der Waals surface area contributed by atoms with E-state index in [0.29, 0.717) is 0 Å². The van der Waals surface area contributed by atoms with Crippen LogP contribution in [0.1, 0.15) is 5.56 Å². The molecule has 100 valence electrons. The van der Waals surface area contributed by atoms with Crippen LogP contribution in [0.5, 0.6) is 0 Å². The molecule has 5 heteroatoms. The first kappa shape index (κ1) is 12.9. The van der Waals surface area contributed by atoms with Crippen LogP contribution in [0.4, 0.5) is 5.69 Å². The standard InChI is InChI=1S/C15H13BrN4/c16-13-7-12(8-18-9-13)15-19-4-5-20(15)10-11-2-1-3-14(17)6-11/h1-9H,10,17H2. The quantitative estimate of drug-likeness (QED) is 0.750. The molecule has 0 amide bonds. The van der Waals surface area contributed by atoms with Gasteiger partial charge >= 0.3 is 0 Å². The number of aromatic nitrogens is 3. The number of hydrogen-bond donors (Lipinski definition) is 1. The van der Waals surface area contributed by atoms with Crippen LogP contribution in [0.3, 0.4) is 0 Å². The highest BCUT2D eigenvalue weighted by molar-refractivity contribution is 9.10. The maximum Gasteiger partial charge on any atom is 0.141 e. The molecule has 3 rings (SSSR count). The molecule has 0 atom stereocenters. The molecule has 0 fully saturated rings. The van der Waals surface area contributed by atoms with Gasteiger partial charge in [0.1, 0.15) is 5.82 Å². The average Bonchev–Trinajstić information content (AvgIpc) is 2.87. The largest absolute Gasteiger partial charge is 0.399 e. The maximum atomic E-state index is 5.82. The number of benzene rings is 1. The van der Waals surface area contributed by atoms with E-state index in [-0.39, 0.29) is 0 Å². The van der Waals surface area contributed by atoms with Gasteiger partial charge in [-0.15, -0.1) is 0 Å². The molecule has 1 aromatic carbocycles. The summed E-state index contributed by atoms with van der Waals surface area (Å²) in [6.07, 6.45) is 7.32. The van der Waals surface area contributed by atoms with Crippen LogP contribution in [0, 0.1) is 0 Å². The molecule has 2 N–H and O–H groups in total. The number of nitrogens with two attached hydrogens (primary N) is 1. The molecular weight excluding hydrogens is 316 g/mol. The summed E-state index contributed by atoms with van der Waals surface area (Å²) in [6.45, 7) is 0.729. The maximum absolute atomic E-state index is 5.82. The van der Waals surface area contributed by atoms with Crippen molar-refractivity contribution in [3.05, 3.63) is 65.2 Å². The first-order valence-electron chi connectivity index (χ1n) is 6.19. The van der Waals surface area contributed by atoms with E-state index in [0.717, 1.165) is 33.7 Å². The van der Waals surface area contributed by atoms with Gasteiger partial charge in [-0.05, 0) is 39.7 Å². The van der Waals surface area contributed by atoms with Gasteiger partial charge in [-0.3, -0.25) is 4.98 Å². The summed E-state index contributed by atoms with van der Waals surface area (Å²) in [4.78, 5) is 8.60. The minimum Gasteiger partial charge on any atom is -0.399 e. The topological polar surface area (TPSA) is 56.7 Å². The van der Waals surface area contributed by atoms with Crippen molar-refractivity contribution in [3.63, 3.8) is 0 Å². The van der Waals surface area contributed by atoms with E-state index < -0.39 is 0 Å². The molecule has 0 saturated carbocycles. The van der Waals surface area contributed by atoms with E-state index in [1.165, 1.54) is 0 Å². The Balaban J connectivity index is 1.94. The Kier molecular flexibility index (Phi) is 3.52. The van der Waals surface area contributed by atoms with E-state index in [1.807, 2.05) is 36.7 Å². The molecule has 2 heterocycles. The second-order valence-corrected chi connectivity index (χ2v) is 5.43. The molecular formula is C15H13BrN4. The Hall–Kier alpha value is -2.14. The number of nitrogen functional groups attached to an aromatic ring is 1. The predicted octanol–water partition coefficient (Wildman–Crippen LogP) is 3.34. The van der Waals surface area contributed by atoms with E-state index >= 15 is 0 Å². The lowest BCUT2D eigenvalue weighted by atomic mass is 10.2. The molecule has 0 unspecified atom stereocenters. The molecule has 0 aliphatic heterocycles. The zero-order valence-electron chi connectivity index (χ0n) is 10.7. The molecule has 3 aromatic rings. The van der Waals surface area contributed by atoms with Crippen molar-refractivity contribution in [3.8, 4) is 11.4 Å². The van der Waals surface area contributed by atoms with Gasteiger partial charge in [0.05, 0.1) is 0 Å². The zero-order chi connectivity index (χ0) is 13.9. The lowest BCUT2D eigenvalue weighted by molar-refractivity contribution is 0.807. The van der Waals surface area contributed by atoms with Crippen molar-refractivity contribution < 1.29 is 0 Å². The Labute approximate surface area is 125 Å². The minimum absolute atomic E-state index is 0.729. The normalized spacial score (nSPS) is 10.7. The number of rotatable bonds is 3. The van der Waals surface area contributed by atoms with Gasteiger partial charge in [0.25, 0.3) is 0 Å². The highest BCUT2D eigenvalue weighted by Crippen LogP contribution is 2.21. The third-order valence-electron chi connectivity index (χ3n) is 2.98. The summed E-state index contributed by atoms with van der Waals surface area (Å²) in [5.41, 5.74) is 8.71. The van der Waals surface area contributed by atoms with Crippen LogP contribution >= 0.6 is 15.9 Å². The van der Waals surface area contributed by atoms with Gasteiger partial charge in [0.2, 0.25) is 0 Å². The third-order valence-corrected chi connectivity index (χ3v) is 3.42. The first-order chi connectivity index (χ1) is 9.72. The van der Waals surface area contributed by atoms with Crippen LogP contribution in [0.15, 0.2) is 59.6 Å². The highest BCUT2D eigenvalue weighted by atomic mass is 79.9. The molecule has 4 nitrogen and oxygen atoms in total. The van der Waals surface area contributed by atoms with Crippen molar-refractivity contribution in [2.45, 2.75) is 6.54 Å². The number of anilines is 1. The van der Waals surface area contributed by atoms with Gasteiger partial charge < -0.3 is 10.3 Å². The summed E-state index contributed by atoms with van der Waals surface area (Å²) >= 11 is 3.43. The Morgan fingerprint density at radius 1 is 1.20 bits per heavy atom. The highest BCUT2D eigenvalue weighted by Gasteiger charge is 2.07. The lowest BCUT2D eigenvalue weighted by Gasteiger charge is -2.08. The molecule has 0 bridgehead atoms. The Bertz CT molecular complexity index is 736. The van der Waals surface area contributed by atoms with Crippen molar-refractivity contribution >= 4 is 21.6 Å². The smallest absolute Gasteiger partial charge is 0.141 e. The summed E-state index contributed by atoms with van der Waals surface area (Å²) in [5.74, 6) is 0.890. The molecule has 2 aromatic heterocycles. The fourth-order valence-corrected chi connectivity index (χ4v) is 2.48. The zero-order valence-corrected chi connectivity index (χ0v) is 12.3. The average molecular weight is 329 g/mol. The monoisotopic (exact) mass is 328 g/mol. The fraction of sp³-hybridized carbons (Fsp3) is 0.0667. The van der Waals surface area contributed by atoms with E-state index in [4.69, 9.17) is 5.73 Å². The molecule has 0 spiro atoms. The second kappa shape index (κ2) is 5.46. The van der Waals surface area contributed by atoms with Crippen LogP contribution in [0.2, 0.25) is 0 Å². The number of nitrogens with zero attached hydrogens (tertiary/aromatic N) is 3. The van der Waals surface area contributed by atoms with Crippen LogP contribution < -0.4 is 5.73 Å². The van der Waals surface area contributed by atoms with Gasteiger partial charge in [0, 0.05) is 47.1 Å². The van der Waals surface area contributed by atoms with Gasteiger partial charge in [-0.25, -0.2) is 4.98 Å². The van der Waals surface area contributed by atoms with Crippen molar-refractivity contribution in [1.82, 2.24) is 14.5 Å². The SMILES string of the molecule is Nc1cccc(Cn2ccnc2-c2cncc(Br)c2)c1. The molecule has 0 saturated heterocycles. The lowest BCUT2D eigenvalue weighted by Crippen LogP contribution is -2.02. The first-order valence-corrected chi connectivity index (χ1v) is 6.98. The number of hydrogen-bond acceptors (Lipinski definition) is 3. The van der Waals surface area contributed by atoms with E-state index in [2.05, 4.69) is 36.5 Å². The number of pyridine rings is 1. The third kappa shape index (κ3) is 2.72. The van der Waals surface area contributed by atoms with Crippen LogP contribution in [-0.4, -0.2) is 14.5 Å². The second-order valence-electron chi connectivity index (χ2n) is 4.52. The van der Waals surface area contributed by atoms with Crippen molar-refractivity contribution in [1.29, 1.82) is 0 Å². The van der Waals surface area contributed by atoms with Crippen molar-refractivity contribution in [2.24, 2.45) is 0 Å². The van der Waals surface area contributed by atoms with Gasteiger partial charge in [-0.1, -0.05) is 12.1 Å². The number of halogens is 1. The molecule has 0 aliphatic carbocycles. The minimum atomic E-state index is 0.729. The predicted molar refractivity (Wildman–Crippen MR) is 83.1 cm³/mol. The summed E-state index contributed by atoms with van der Waals surface area (Å²) in [5, 5.41) is 0. The number of imidazole rings is 1. The molecule has 0 aliphatic rings. The molecule has 0 radical (unpaired) electrons. The summed E-state index contributed by atoms with van der Waals surface area (Å²) in [6, 6.07) is 9.88. The van der Waals surface area contributed by atoms with E-state index in [9.17, 15) is 0 Å². The summed E-state index contributed by atoms with van der Waals surface area (Å²) in [7, 11) is 0. The van der Waals surface area contributed by atoms with Crippen LogP contribution in [-0.2, 0) is 6.54 Å². The summed E-state index contributed by atoms with van der Waals surface area (Å²) < 4.78 is 3.02.